The van der Waals surface area contributed by atoms with E-state index in [2.05, 4.69) is 11.4 Å². The van der Waals surface area contributed by atoms with Gasteiger partial charge in [0.15, 0.2) is 0 Å². The number of carboxylic acid groups (broad SMARTS) is 1. The highest BCUT2D eigenvalue weighted by atomic mass is 35.5. The van der Waals surface area contributed by atoms with Gasteiger partial charge in [0.1, 0.15) is 5.54 Å². The molecule has 2 atom stereocenters. The molecule has 10 heavy (non-hydrogen) atoms. The Morgan fingerprint density at radius 1 is 2.00 bits per heavy atom. The Morgan fingerprint density at radius 2 is 2.60 bits per heavy atom. The van der Waals surface area contributed by atoms with Crippen LogP contribution in [0.5, 0.6) is 0 Å². The molecule has 1 rings (SSSR count). The molecule has 56 valence electrons. The standard InChI is InChI=1S/C6H8ClNO2/c1-2-4-3-6(4,8-7)5(9)10/h2,4,8H,1,3H2,(H,9,10). The van der Waals surface area contributed by atoms with Gasteiger partial charge in [0.25, 0.3) is 0 Å². The lowest BCUT2D eigenvalue weighted by molar-refractivity contribution is -0.140. The third-order valence-electron chi connectivity index (χ3n) is 1.85. The van der Waals surface area contributed by atoms with Gasteiger partial charge >= 0.3 is 5.97 Å². The fourth-order valence-corrected chi connectivity index (χ4v) is 1.27. The minimum absolute atomic E-state index is 0.0255. The maximum absolute atomic E-state index is 10.5. The lowest BCUT2D eigenvalue weighted by atomic mass is 10.2. The molecule has 0 radical (unpaired) electrons. The first kappa shape index (κ1) is 7.57. The molecule has 2 unspecified atom stereocenters. The summed E-state index contributed by atoms with van der Waals surface area (Å²) in [6.07, 6.45) is 2.14. The van der Waals surface area contributed by atoms with Crippen molar-refractivity contribution in [2.24, 2.45) is 5.92 Å². The van der Waals surface area contributed by atoms with Crippen molar-refractivity contribution in [1.29, 1.82) is 0 Å². The number of carbonyl (C=O) groups is 1. The van der Waals surface area contributed by atoms with Crippen LogP contribution < -0.4 is 4.84 Å². The maximum Gasteiger partial charge on any atom is 0.325 e. The van der Waals surface area contributed by atoms with Gasteiger partial charge in [0, 0.05) is 5.92 Å². The quantitative estimate of drug-likeness (QED) is 0.475. The molecule has 0 aromatic rings. The Bertz CT molecular complexity index is 183. The first-order valence-corrected chi connectivity index (χ1v) is 3.29. The molecule has 1 aliphatic carbocycles. The predicted octanol–water partition coefficient (Wildman–Crippen LogP) is 0.759. The molecule has 0 bridgehead atoms. The van der Waals surface area contributed by atoms with Crippen LogP contribution in [0, 0.1) is 5.92 Å². The molecule has 0 saturated heterocycles. The van der Waals surface area contributed by atoms with Crippen molar-refractivity contribution in [3.63, 3.8) is 0 Å². The van der Waals surface area contributed by atoms with Gasteiger partial charge in [-0.05, 0) is 18.2 Å². The number of carboxylic acids is 1. The average Bonchev–Trinajstić information content (AvgIpc) is 2.62. The molecule has 0 heterocycles. The number of nitrogens with one attached hydrogen (secondary N) is 1. The molecule has 3 nitrogen and oxygen atoms in total. The van der Waals surface area contributed by atoms with E-state index in [1.54, 1.807) is 6.08 Å². The van der Waals surface area contributed by atoms with Gasteiger partial charge in [0.05, 0.1) is 0 Å². The van der Waals surface area contributed by atoms with Crippen molar-refractivity contribution in [2.75, 3.05) is 0 Å². The molecule has 1 saturated carbocycles. The minimum Gasteiger partial charge on any atom is -0.480 e. The van der Waals surface area contributed by atoms with Crippen molar-refractivity contribution >= 4 is 17.7 Å². The summed E-state index contributed by atoms with van der Waals surface area (Å²) in [7, 11) is 0. The molecule has 0 spiro atoms. The summed E-state index contributed by atoms with van der Waals surface area (Å²) in [6, 6.07) is 0. The van der Waals surface area contributed by atoms with Crippen LogP contribution in [-0.2, 0) is 4.79 Å². The first-order chi connectivity index (χ1) is 4.67. The van der Waals surface area contributed by atoms with E-state index in [1.165, 1.54) is 0 Å². The molecule has 1 fully saturated rings. The molecule has 0 aliphatic heterocycles. The highest BCUT2D eigenvalue weighted by molar-refractivity contribution is 6.16. The van der Waals surface area contributed by atoms with E-state index < -0.39 is 11.5 Å². The first-order valence-electron chi connectivity index (χ1n) is 2.91. The molecule has 0 aromatic heterocycles. The summed E-state index contributed by atoms with van der Waals surface area (Å²) in [6.45, 7) is 3.49. The Kier molecular flexibility index (Phi) is 1.70. The van der Waals surface area contributed by atoms with Crippen LogP contribution in [0.3, 0.4) is 0 Å². The van der Waals surface area contributed by atoms with Gasteiger partial charge in [-0.2, -0.15) is 0 Å². The minimum atomic E-state index is -0.927. The number of halogens is 1. The van der Waals surface area contributed by atoms with Gasteiger partial charge in [-0.15, -0.1) is 6.58 Å². The zero-order valence-electron chi connectivity index (χ0n) is 5.30. The summed E-state index contributed by atoms with van der Waals surface area (Å²) < 4.78 is 0. The van der Waals surface area contributed by atoms with E-state index >= 15 is 0 Å². The Balaban J connectivity index is 2.67. The van der Waals surface area contributed by atoms with Crippen LogP contribution in [0.1, 0.15) is 6.42 Å². The third-order valence-corrected chi connectivity index (χ3v) is 2.19. The van der Waals surface area contributed by atoms with Crippen LogP contribution in [0.25, 0.3) is 0 Å². The highest BCUT2D eigenvalue weighted by Gasteiger charge is 2.59. The summed E-state index contributed by atoms with van der Waals surface area (Å²) >= 11 is 5.25. The number of hydrogen-bond donors (Lipinski definition) is 2. The van der Waals surface area contributed by atoms with E-state index in [1.807, 2.05) is 0 Å². The SMILES string of the molecule is C=CC1CC1(NCl)C(=O)O. The number of hydrogen-bond acceptors (Lipinski definition) is 2. The van der Waals surface area contributed by atoms with E-state index in [9.17, 15) is 4.79 Å². The van der Waals surface area contributed by atoms with E-state index in [4.69, 9.17) is 16.9 Å². The predicted molar refractivity (Wildman–Crippen MR) is 37.7 cm³/mol. The third kappa shape index (κ3) is 0.822. The molecule has 0 aromatic carbocycles. The highest BCUT2D eigenvalue weighted by Crippen LogP contribution is 2.44. The molecular formula is C6H8ClNO2. The normalized spacial score (nSPS) is 37.1. The zero-order valence-corrected chi connectivity index (χ0v) is 6.06. The van der Waals surface area contributed by atoms with Gasteiger partial charge < -0.3 is 5.11 Å². The average molecular weight is 162 g/mol. The van der Waals surface area contributed by atoms with Crippen molar-refractivity contribution in [1.82, 2.24) is 4.84 Å². The topological polar surface area (TPSA) is 49.3 Å². The molecule has 2 N–H and O–H groups in total. The van der Waals surface area contributed by atoms with E-state index in [0.29, 0.717) is 6.42 Å². The van der Waals surface area contributed by atoms with Gasteiger partial charge in [0.2, 0.25) is 0 Å². The van der Waals surface area contributed by atoms with Crippen molar-refractivity contribution in [3.05, 3.63) is 12.7 Å². The summed E-state index contributed by atoms with van der Waals surface area (Å²) in [5.74, 6) is -0.935. The number of aliphatic carboxylic acids is 1. The molecule has 4 heteroatoms. The van der Waals surface area contributed by atoms with E-state index in [0.717, 1.165) is 0 Å². The van der Waals surface area contributed by atoms with Crippen LogP contribution >= 0.6 is 11.8 Å². The summed E-state index contributed by atoms with van der Waals surface area (Å²) in [5, 5.41) is 8.61. The lowest BCUT2D eigenvalue weighted by Gasteiger charge is -2.05. The largest absolute Gasteiger partial charge is 0.480 e. The second kappa shape index (κ2) is 2.25. The second-order valence-corrected chi connectivity index (χ2v) is 2.61. The molecular weight excluding hydrogens is 154 g/mol. The molecule has 1 aliphatic rings. The van der Waals surface area contributed by atoms with Crippen LogP contribution in [0.15, 0.2) is 12.7 Å². The Hall–Kier alpha value is -0.540. The fourth-order valence-electron chi connectivity index (χ4n) is 0.967. The van der Waals surface area contributed by atoms with Crippen LogP contribution in [0.4, 0.5) is 0 Å². The van der Waals surface area contributed by atoms with Gasteiger partial charge in [-0.3, -0.25) is 4.79 Å². The molecule has 0 amide bonds. The Labute approximate surface area is 63.8 Å². The summed E-state index contributed by atoms with van der Waals surface area (Å²) in [4.78, 5) is 12.7. The Morgan fingerprint density at radius 3 is 2.70 bits per heavy atom. The van der Waals surface area contributed by atoms with Crippen molar-refractivity contribution in [3.8, 4) is 0 Å². The van der Waals surface area contributed by atoms with Gasteiger partial charge in [-0.25, -0.2) is 4.84 Å². The van der Waals surface area contributed by atoms with Gasteiger partial charge in [-0.1, -0.05) is 6.08 Å². The van der Waals surface area contributed by atoms with Crippen molar-refractivity contribution < 1.29 is 9.90 Å². The summed E-state index contributed by atoms with van der Waals surface area (Å²) in [5.41, 5.74) is -0.927. The van der Waals surface area contributed by atoms with E-state index in [-0.39, 0.29) is 5.92 Å². The van der Waals surface area contributed by atoms with Crippen molar-refractivity contribution in [2.45, 2.75) is 12.0 Å². The monoisotopic (exact) mass is 161 g/mol. The van der Waals surface area contributed by atoms with Crippen LogP contribution in [0.2, 0.25) is 0 Å². The number of rotatable bonds is 3. The lowest BCUT2D eigenvalue weighted by Crippen LogP contribution is -2.35. The smallest absolute Gasteiger partial charge is 0.325 e. The second-order valence-electron chi connectivity index (χ2n) is 2.42. The zero-order chi connectivity index (χ0) is 7.78. The fraction of sp³-hybridized carbons (Fsp3) is 0.500. The maximum atomic E-state index is 10.5. The van der Waals surface area contributed by atoms with Crippen LogP contribution in [-0.4, -0.2) is 16.6 Å².